The van der Waals surface area contributed by atoms with Gasteiger partial charge in [-0.15, -0.1) is 11.3 Å². The summed E-state index contributed by atoms with van der Waals surface area (Å²) in [6.45, 7) is 2.87. The Balaban J connectivity index is 1.90. The summed E-state index contributed by atoms with van der Waals surface area (Å²) >= 11 is 1.40. The number of hydrogen-bond acceptors (Lipinski definition) is 4. The molecule has 3 rings (SSSR count). The van der Waals surface area contributed by atoms with E-state index in [2.05, 4.69) is 4.98 Å². The summed E-state index contributed by atoms with van der Waals surface area (Å²) in [5.41, 5.74) is 1.56. The van der Waals surface area contributed by atoms with Gasteiger partial charge < -0.3 is 4.90 Å². The second-order valence-electron chi connectivity index (χ2n) is 5.26. The zero-order valence-corrected chi connectivity index (χ0v) is 13.2. The van der Waals surface area contributed by atoms with Gasteiger partial charge >= 0.3 is 0 Å². The van der Waals surface area contributed by atoms with Gasteiger partial charge in [-0.3, -0.25) is 14.5 Å². The second kappa shape index (κ2) is 6.27. The predicted molar refractivity (Wildman–Crippen MR) is 85.9 cm³/mol. The Bertz CT molecular complexity index is 684. The van der Waals surface area contributed by atoms with Crippen LogP contribution in [-0.4, -0.2) is 34.9 Å². The molecule has 0 radical (unpaired) electrons. The van der Waals surface area contributed by atoms with Crippen molar-refractivity contribution in [3.63, 3.8) is 0 Å². The highest BCUT2D eigenvalue weighted by atomic mass is 32.1. The first-order chi connectivity index (χ1) is 10.7. The largest absolute Gasteiger partial charge is 0.324 e. The lowest BCUT2D eigenvalue weighted by molar-refractivity contribution is -0.127. The number of nitrogens with zero attached hydrogens (tertiary/aromatic N) is 3. The van der Waals surface area contributed by atoms with Crippen LogP contribution in [-0.2, 0) is 4.79 Å². The summed E-state index contributed by atoms with van der Waals surface area (Å²) in [7, 11) is 0. The maximum absolute atomic E-state index is 12.9. The molecule has 2 aromatic rings. The fourth-order valence-corrected chi connectivity index (χ4v) is 3.18. The number of aryl methyl sites for hydroxylation is 1. The van der Waals surface area contributed by atoms with Crippen LogP contribution in [0.25, 0.3) is 0 Å². The van der Waals surface area contributed by atoms with Crippen LogP contribution in [0.5, 0.6) is 0 Å². The number of likely N-dealkylation sites (tertiary alicyclic amines) is 1. The van der Waals surface area contributed by atoms with Crippen LogP contribution < -0.4 is 4.90 Å². The van der Waals surface area contributed by atoms with Crippen molar-refractivity contribution >= 4 is 28.3 Å². The highest BCUT2D eigenvalue weighted by Crippen LogP contribution is 2.23. The molecule has 2 amide bonds. The summed E-state index contributed by atoms with van der Waals surface area (Å²) in [5, 5.41) is 2.45. The molecule has 0 N–H and O–H groups in total. The quantitative estimate of drug-likeness (QED) is 0.871. The van der Waals surface area contributed by atoms with Crippen LogP contribution >= 0.6 is 11.3 Å². The molecule has 1 aliphatic heterocycles. The first-order valence-electron chi connectivity index (χ1n) is 7.21. The van der Waals surface area contributed by atoms with Crippen molar-refractivity contribution in [1.82, 2.24) is 9.88 Å². The SMILES string of the molecule is Cc1ccccc1C(=O)N(CN1CCCC1=O)c1nccs1. The summed E-state index contributed by atoms with van der Waals surface area (Å²) in [5.74, 6) is -0.0214. The first-order valence-corrected chi connectivity index (χ1v) is 8.09. The highest BCUT2D eigenvalue weighted by Gasteiger charge is 2.27. The van der Waals surface area contributed by atoms with Crippen molar-refractivity contribution in [2.24, 2.45) is 0 Å². The Labute approximate surface area is 133 Å². The van der Waals surface area contributed by atoms with Gasteiger partial charge in [0.2, 0.25) is 5.91 Å². The van der Waals surface area contributed by atoms with Gasteiger partial charge in [0.15, 0.2) is 5.13 Å². The molecule has 0 unspecified atom stereocenters. The third-order valence-electron chi connectivity index (χ3n) is 3.75. The Morgan fingerprint density at radius 3 is 2.86 bits per heavy atom. The molecule has 0 aliphatic carbocycles. The van der Waals surface area contributed by atoms with E-state index in [1.807, 2.05) is 36.6 Å². The number of rotatable bonds is 4. The minimum atomic E-state index is -0.118. The third-order valence-corrected chi connectivity index (χ3v) is 4.55. The molecule has 5 nitrogen and oxygen atoms in total. The average molecular weight is 315 g/mol. The average Bonchev–Trinajstić information content (AvgIpc) is 3.16. The molecule has 0 saturated carbocycles. The molecule has 0 atom stereocenters. The van der Waals surface area contributed by atoms with Crippen LogP contribution in [0.1, 0.15) is 28.8 Å². The van der Waals surface area contributed by atoms with Crippen molar-refractivity contribution in [3.05, 3.63) is 47.0 Å². The fourth-order valence-electron chi connectivity index (χ4n) is 2.54. The number of aromatic nitrogens is 1. The maximum Gasteiger partial charge on any atom is 0.261 e. The molecule has 1 aromatic carbocycles. The molecule has 22 heavy (non-hydrogen) atoms. The van der Waals surface area contributed by atoms with E-state index in [0.29, 0.717) is 23.7 Å². The van der Waals surface area contributed by atoms with Crippen LogP contribution in [0.2, 0.25) is 0 Å². The number of thiazole rings is 1. The van der Waals surface area contributed by atoms with Crippen LogP contribution in [0.3, 0.4) is 0 Å². The Morgan fingerprint density at radius 1 is 1.41 bits per heavy atom. The minimum Gasteiger partial charge on any atom is -0.324 e. The van der Waals surface area contributed by atoms with Gasteiger partial charge in [0.25, 0.3) is 5.91 Å². The van der Waals surface area contributed by atoms with Gasteiger partial charge in [-0.1, -0.05) is 18.2 Å². The van der Waals surface area contributed by atoms with Crippen LogP contribution in [0, 0.1) is 6.92 Å². The first kappa shape index (κ1) is 14.7. The summed E-state index contributed by atoms with van der Waals surface area (Å²) < 4.78 is 0. The van der Waals surface area contributed by atoms with E-state index in [1.54, 1.807) is 16.0 Å². The van der Waals surface area contributed by atoms with Gasteiger partial charge in [0.1, 0.15) is 6.67 Å². The minimum absolute atomic E-state index is 0.0964. The van der Waals surface area contributed by atoms with E-state index < -0.39 is 0 Å². The van der Waals surface area contributed by atoms with Gasteiger partial charge in [0.05, 0.1) is 0 Å². The lowest BCUT2D eigenvalue weighted by atomic mass is 10.1. The van der Waals surface area contributed by atoms with Gasteiger partial charge in [0, 0.05) is 30.1 Å². The van der Waals surface area contributed by atoms with E-state index in [0.717, 1.165) is 12.0 Å². The van der Waals surface area contributed by atoms with E-state index in [9.17, 15) is 9.59 Å². The Kier molecular flexibility index (Phi) is 4.20. The van der Waals surface area contributed by atoms with E-state index in [1.165, 1.54) is 11.3 Å². The smallest absolute Gasteiger partial charge is 0.261 e. The second-order valence-corrected chi connectivity index (χ2v) is 6.14. The number of carbonyl (C=O) groups is 2. The molecule has 1 aliphatic rings. The molecule has 6 heteroatoms. The van der Waals surface area contributed by atoms with Crippen molar-refractivity contribution in [1.29, 1.82) is 0 Å². The van der Waals surface area contributed by atoms with Crippen molar-refractivity contribution in [2.45, 2.75) is 19.8 Å². The highest BCUT2D eigenvalue weighted by molar-refractivity contribution is 7.13. The molecule has 1 saturated heterocycles. The molecule has 1 aromatic heterocycles. The Hall–Kier alpha value is -2.21. The third kappa shape index (κ3) is 2.87. The number of benzene rings is 1. The van der Waals surface area contributed by atoms with Crippen LogP contribution in [0.4, 0.5) is 5.13 Å². The molecular formula is C16H17N3O2S. The van der Waals surface area contributed by atoms with E-state index in [4.69, 9.17) is 0 Å². The predicted octanol–water partition coefficient (Wildman–Crippen LogP) is 2.68. The fraction of sp³-hybridized carbons (Fsp3) is 0.312. The summed E-state index contributed by atoms with van der Waals surface area (Å²) in [6.07, 6.45) is 3.08. The monoisotopic (exact) mass is 315 g/mol. The van der Waals surface area contributed by atoms with Crippen molar-refractivity contribution in [2.75, 3.05) is 18.1 Å². The van der Waals surface area contributed by atoms with Gasteiger partial charge in [-0.2, -0.15) is 0 Å². The van der Waals surface area contributed by atoms with Crippen molar-refractivity contribution < 1.29 is 9.59 Å². The van der Waals surface area contributed by atoms with Gasteiger partial charge in [-0.05, 0) is 25.0 Å². The van der Waals surface area contributed by atoms with Crippen LogP contribution in [0.15, 0.2) is 35.8 Å². The number of carbonyl (C=O) groups excluding carboxylic acids is 2. The zero-order chi connectivity index (χ0) is 15.5. The molecule has 0 bridgehead atoms. The molecular weight excluding hydrogens is 298 g/mol. The van der Waals surface area contributed by atoms with Gasteiger partial charge in [-0.25, -0.2) is 4.98 Å². The molecule has 0 spiro atoms. The van der Waals surface area contributed by atoms with Crippen molar-refractivity contribution in [3.8, 4) is 0 Å². The summed E-state index contributed by atoms with van der Waals surface area (Å²) in [6, 6.07) is 7.48. The molecule has 1 fully saturated rings. The topological polar surface area (TPSA) is 53.5 Å². The number of hydrogen-bond donors (Lipinski definition) is 0. The zero-order valence-electron chi connectivity index (χ0n) is 12.4. The molecule has 114 valence electrons. The van der Waals surface area contributed by atoms with E-state index in [-0.39, 0.29) is 18.5 Å². The van der Waals surface area contributed by atoms with E-state index >= 15 is 0 Å². The number of anilines is 1. The normalized spacial score (nSPS) is 14.4. The Morgan fingerprint density at radius 2 is 2.23 bits per heavy atom. The molecule has 2 heterocycles. The number of amides is 2. The lowest BCUT2D eigenvalue weighted by Gasteiger charge is -2.26. The lowest BCUT2D eigenvalue weighted by Crippen LogP contribution is -2.42. The summed E-state index contributed by atoms with van der Waals surface area (Å²) in [4.78, 5) is 32.3. The maximum atomic E-state index is 12.9. The standard InChI is InChI=1S/C16H17N3O2S/c1-12-5-2-3-6-13(12)15(21)19(16-17-8-10-22-16)11-18-9-4-7-14(18)20/h2-3,5-6,8,10H,4,7,9,11H2,1H3.